The maximum Gasteiger partial charge on any atom is 0.128 e. The van der Waals surface area contributed by atoms with E-state index in [-0.39, 0.29) is 4.70 Å². The lowest BCUT2D eigenvalue weighted by atomic mass is 10.2. The fourth-order valence-corrected chi connectivity index (χ4v) is 0. The van der Waals surface area contributed by atoms with Gasteiger partial charge < -0.3 is 0 Å². The molecule has 0 rings (SSSR count). The highest BCUT2D eigenvalue weighted by Gasteiger charge is 1.19. The first kappa shape index (κ1) is 9.28. The average Bonchev–Trinajstić information content (AvgIpc) is 0.918. The number of halogens is 1. The SMILES string of the molecule is BC=C.F. The molecule has 0 saturated carbocycles. The van der Waals surface area contributed by atoms with Gasteiger partial charge in [0.05, 0.1) is 0 Å². The molecule has 0 N–H and O–H groups in total. The molecule has 0 unspecified atom stereocenters. The summed E-state index contributed by atoms with van der Waals surface area (Å²) in [5, 5.41) is 0. The first-order chi connectivity index (χ1) is 1.41. The van der Waals surface area contributed by atoms with Crippen LogP contribution in [-0.4, -0.2) is 7.85 Å². The summed E-state index contributed by atoms with van der Waals surface area (Å²) in [6.45, 7) is 3.36. The summed E-state index contributed by atoms with van der Waals surface area (Å²) in [4.78, 5) is 0. The second-order valence-corrected chi connectivity index (χ2v) is 0.408. The zero-order valence-corrected chi connectivity index (χ0v) is 2.69. The molecule has 0 aliphatic carbocycles. The van der Waals surface area contributed by atoms with Gasteiger partial charge >= 0.3 is 0 Å². The minimum atomic E-state index is 0. The molecule has 0 heterocycles. The molecule has 0 aliphatic rings. The lowest BCUT2D eigenvalue weighted by Gasteiger charge is -1.27. The maximum absolute atomic E-state index is 3.36. The van der Waals surface area contributed by atoms with Crippen LogP contribution < -0.4 is 0 Å². The van der Waals surface area contributed by atoms with Gasteiger partial charge in [-0.2, -0.15) is 0 Å². The van der Waals surface area contributed by atoms with E-state index in [0.717, 1.165) is 0 Å². The molecule has 0 aliphatic heterocycles. The summed E-state index contributed by atoms with van der Waals surface area (Å²) in [6, 6.07) is 0. The molecule has 0 aromatic carbocycles. The van der Waals surface area contributed by atoms with Crippen molar-refractivity contribution >= 4 is 7.85 Å². The van der Waals surface area contributed by atoms with E-state index in [9.17, 15) is 0 Å². The van der Waals surface area contributed by atoms with E-state index in [1.54, 1.807) is 5.98 Å². The predicted molar refractivity (Wildman–Crippen MR) is 21.2 cm³/mol. The van der Waals surface area contributed by atoms with Crippen molar-refractivity contribution in [2.24, 2.45) is 0 Å². The quantitative estimate of drug-likeness (QED) is 0.343. The third kappa shape index (κ3) is 13.3. The van der Waals surface area contributed by atoms with Crippen molar-refractivity contribution in [3.05, 3.63) is 12.6 Å². The van der Waals surface area contributed by atoms with Crippen molar-refractivity contribution < 1.29 is 4.70 Å². The summed E-state index contributed by atoms with van der Waals surface area (Å²) in [5.41, 5.74) is 0. The van der Waals surface area contributed by atoms with E-state index in [1.807, 2.05) is 7.85 Å². The summed E-state index contributed by atoms with van der Waals surface area (Å²) >= 11 is 0. The summed E-state index contributed by atoms with van der Waals surface area (Å²) in [5.74, 6) is 1.75. The standard InChI is InChI=1S/C2H5B.FH/c1-2-3;/h2H,1,3H2;1H. The maximum atomic E-state index is 3.36. The Balaban J connectivity index is 0. The van der Waals surface area contributed by atoms with Crippen molar-refractivity contribution in [3.63, 3.8) is 0 Å². The van der Waals surface area contributed by atoms with E-state index >= 15 is 0 Å². The fourth-order valence-electron chi connectivity index (χ4n) is 0. The zero-order valence-electron chi connectivity index (χ0n) is 2.69. The van der Waals surface area contributed by atoms with Crippen LogP contribution in [0.5, 0.6) is 0 Å². The normalized spacial score (nSPS) is 3.00. The van der Waals surface area contributed by atoms with E-state index < -0.39 is 0 Å². The second kappa shape index (κ2) is 15.2. The Kier molecular flexibility index (Phi) is 35.4. The summed E-state index contributed by atoms with van der Waals surface area (Å²) < 4.78 is 0. The predicted octanol–water partition coefficient (Wildman–Crippen LogP) is -0.0845. The lowest BCUT2D eigenvalue weighted by Crippen LogP contribution is -1.29. The molecule has 0 fully saturated rings. The van der Waals surface area contributed by atoms with E-state index in [1.165, 1.54) is 0 Å². The van der Waals surface area contributed by atoms with Gasteiger partial charge in [-0.1, -0.05) is 0 Å². The molecule has 0 spiro atoms. The highest BCUT2D eigenvalue weighted by Crippen LogP contribution is 1.24. The molecule has 0 nitrogen and oxygen atoms in total. The van der Waals surface area contributed by atoms with E-state index in [0.29, 0.717) is 0 Å². The Morgan fingerprint density at radius 3 is 1.75 bits per heavy atom. The van der Waals surface area contributed by atoms with Gasteiger partial charge in [0.15, 0.2) is 0 Å². The van der Waals surface area contributed by atoms with Gasteiger partial charge in [0.2, 0.25) is 0 Å². The minimum Gasteiger partial charge on any atom is -0.269 e. The molecule has 0 radical (unpaired) electrons. The number of hydrogen-bond acceptors (Lipinski definition) is 0. The molecule has 2 heteroatoms. The molecule has 0 aromatic heterocycles. The van der Waals surface area contributed by atoms with Gasteiger partial charge in [0, 0.05) is 0 Å². The van der Waals surface area contributed by atoms with Crippen LogP contribution in [-0.2, 0) is 0 Å². The average molecular weight is 59.9 g/mol. The first-order valence-corrected chi connectivity index (χ1v) is 0.986. The third-order valence-corrected chi connectivity index (χ3v) is 0. The zero-order chi connectivity index (χ0) is 2.71. The molecule has 0 saturated heterocycles. The van der Waals surface area contributed by atoms with E-state index in [2.05, 4.69) is 6.58 Å². The lowest BCUT2D eigenvalue weighted by molar-refractivity contribution is 1.11. The summed E-state index contributed by atoms with van der Waals surface area (Å²) in [7, 11) is 1.89. The van der Waals surface area contributed by atoms with Crippen LogP contribution >= 0.6 is 0 Å². The highest BCUT2D eigenvalue weighted by atomic mass is 19.0. The molecule has 0 atom stereocenters. The molecule has 0 bridgehead atoms. The fraction of sp³-hybridized carbons (Fsp3) is 0. The minimum absolute atomic E-state index is 0. The summed E-state index contributed by atoms with van der Waals surface area (Å²) in [6.07, 6.45) is 0. The van der Waals surface area contributed by atoms with E-state index in [4.69, 9.17) is 0 Å². The van der Waals surface area contributed by atoms with Crippen LogP contribution in [0.2, 0.25) is 0 Å². The Bertz CT molecular complexity index is 13.5. The molecule has 24 valence electrons. The molecular weight excluding hydrogens is 53.8 g/mol. The molecule has 0 aromatic rings. The Morgan fingerprint density at radius 1 is 1.75 bits per heavy atom. The van der Waals surface area contributed by atoms with Gasteiger partial charge in [-0.25, -0.2) is 0 Å². The Hall–Kier alpha value is -0.265. The number of rotatable bonds is 0. The van der Waals surface area contributed by atoms with Gasteiger partial charge in [0.25, 0.3) is 0 Å². The largest absolute Gasteiger partial charge is 0.269 e. The molecule has 0 amide bonds. The van der Waals surface area contributed by atoms with Crippen LogP contribution in [0.25, 0.3) is 0 Å². The van der Waals surface area contributed by atoms with Crippen LogP contribution in [0.3, 0.4) is 0 Å². The Morgan fingerprint density at radius 2 is 1.75 bits per heavy atom. The molecular formula is C2H6BF. The van der Waals surface area contributed by atoms with Crippen molar-refractivity contribution in [1.82, 2.24) is 0 Å². The smallest absolute Gasteiger partial charge is 0.128 e. The van der Waals surface area contributed by atoms with Crippen LogP contribution in [0, 0.1) is 0 Å². The Labute approximate surface area is 26.3 Å². The van der Waals surface area contributed by atoms with Gasteiger partial charge in [-0.15, -0.1) is 12.6 Å². The van der Waals surface area contributed by atoms with Crippen molar-refractivity contribution in [3.8, 4) is 0 Å². The number of hydrogen-bond donors (Lipinski definition) is 0. The van der Waals surface area contributed by atoms with Crippen molar-refractivity contribution in [2.45, 2.75) is 0 Å². The van der Waals surface area contributed by atoms with Crippen LogP contribution in [0.1, 0.15) is 0 Å². The monoisotopic (exact) mass is 60.1 g/mol. The first-order valence-electron chi connectivity index (χ1n) is 0.986. The molecule has 4 heavy (non-hydrogen) atoms. The topological polar surface area (TPSA) is 0 Å². The van der Waals surface area contributed by atoms with Crippen molar-refractivity contribution in [2.75, 3.05) is 0 Å². The van der Waals surface area contributed by atoms with Gasteiger partial charge in [-0.05, 0) is 0 Å². The third-order valence-electron chi connectivity index (χ3n) is 0. The highest BCUT2D eigenvalue weighted by molar-refractivity contribution is 6.16. The second-order valence-electron chi connectivity index (χ2n) is 0.408. The van der Waals surface area contributed by atoms with Crippen LogP contribution in [0.15, 0.2) is 12.6 Å². The van der Waals surface area contributed by atoms with Crippen LogP contribution in [0.4, 0.5) is 4.70 Å². The van der Waals surface area contributed by atoms with Crippen molar-refractivity contribution in [1.29, 1.82) is 0 Å². The van der Waals surface area contributed by atoms with Gasteiger partial charge in [-0.3, -0.25) is 4.70 Å². The van der Waals surface area contributed by atoms with Gasteiger partial charge in [0.1, 0.15) is 7.85 Å².